The Morgan fingerprint density at radius 1 is 1.05 bits per heavy atom. The molecular weight excluding hydrogens is 260 g/mol. The first-order valence-corrected chi connectivity index (χ1v) is 7.79. The predicted molar refractivity (Wildman–Crippen MR) is 90.1 cm³/mol. The zero-order valence-electron chi connectivity index (χ0n) is 11.3. The minimum absolute atomic E-state index is 0. The Morgan fingerprint density at radius 2 is 1.60 bits per heavy atom. The third-order valence-corrected chi connectivity index (χ3v) is 5.43. The van der Waals surface area contributed by atoms with Crippen molar-refractivity contribution in [2.24, 2.45) is 5.73 Å². The fourth-order valence-corrected chi connectivity index (χ4v) is 4.21. The fraction of sp³-hybridized carbons (Fsp3) is 0.188. The SMILES string of the molecule is Cc1cc(P(CN)c2ccccc2)cc(C)c1C=O.[LiH]. The third kappa shape index (κ3) is 3.60. The van der Waals surface area contributed by atoms with Crippen molar-refractivity contribution < 1.29 is 4.79 Å². The molecule has 1 atom stereocenters. The average molecular weight is 279 g/mol. The van der Waals surface area contributed by atoms with E-state index in [9.17, 15) is 4.79 Å². The summed E-state index contributed by atoms with van der Waals surface area (Å²) >= 11 is 0. The van der Waals surface area contributed by atoms with E-state index in [2.05, 4.69) is 24.3 Å². The van der Waals surface area contributed by atoms with Crippen molar-refractivity contribution >= 4 is 43.7 Å². The van der Waals surface area contributed by atoms with E-state index >= 15 is 0 Å². The van der Waals surface area contributed by atoms with E-state index in [1.807, 2.05) is 32.0 Å². The van der Waals surface area contributed by atoms with Crippen LogP contribution in [-0.2, 0) is 0 Å². The monoisotopic (exact) mass is 279 g/mol. The molecule has 1 unspecified atom stereocenters. The minimum atomic E-state index is -0.537. The molecule has 2 N–H and O–H groups in total. The zero-order chi connectivity index (χ0) is 13.8. The van der Waals surface area contributed by atoms with Gasteiger partial charge in [0, 0.05) is 11.8 Å². The zero-order valence-corrected chi connectivity index (χ0v) is 12.2. The van der Waals surface area contributed by atoms with Gasteiger partial charge >= 0.3 is 18.9 Å². The molecule has 0 amide bonds. The van der Waals surface area contributed by atoms with E-state index in [-0.39, 0.29) is 18.9 Å². The average Bonchev–Trinajstić information content (AvgIpc) is 2.40. The molecule has 0 aromatic heterocycles. The van der Waals surface area contributed by atoms with Gasteiger partial charge in [0.1, 0.15) is 0 Å². The molecule has 0 saturated carbocycles. The Labute approximate surface area is 133 Å². The number of carbonyl (C=O) groups is 1. The summed E-state index contributed by atoms with van der Waals surface area (Å²) in [5.41, 5.74) is 8.82. The summed E-state index contributed by atoms with van der Waals surface area (Å²) in [7, 11) is -0.537. The Bertz CT molecular complexity index is 563. The van der Waals surface area contributed by atoms with Crippen LogP contribution in [0.5, 0.6) is 0 Å². The molecule has 2 aromatic carbocycles. The molecule has 2 aromatic rings. The van der Waals surface area contributed by atoms with Crippen LogP contribution in [0.3, 0.4) is 0 Å². The van der Waals surface area contributed by atoms with Gasteiger partial charge in [-0.05, 0) is 43.5 Å². The topological polar surface area (TPSA) is 43.1 Å². The number of benzene rings is 2. The van der Waals surface area contributed by atoms with Crippen LogP contribution in [0.1, 0.15) is 21.5 Å². The summed E-state index contributed by atoms with van der Waals surface area (Å²) in [4.78, 5) is 11.0. The van der Waals surface area contributed by atoms with E-state index < -0.39 is 7.92 Å². The van der Waals surface area contributed by atoms with Gasteiger partial charge in [-0.2, -0.15) is 0 Å². The molecule has 20 heavy (non-hydrogen) atoms. The van der Waals surface area contributed by atoms with Crippen LogP contribution < -0.4 is 16.3 Å². The van der Waals surface area contributed by atoms with Crippen LogP contribution in [0.2, 0.25) is 0 Å². The molecule has 0 fully saturated rings. The van der Waals surface area contributed by atoms with Gasteiger partial charge in [0.2, 0.25) is 0 Å². The second-order valence-electron chi connectivity index (χ2n) is 4.56. The second-order valence-corrected chi connectivity index (χ2v) is 6.81. The molecule has 0 aliphatic heterocycles. The van der Waals surface area contributed by atoms with Crippen molar-refractivity contribution in [2.45, 2.75) is 13.8 Å². The van der Waals surface area contributed by atoms with E-state index in [4.69, 9.17) is 5.73 Å². The summed E-state index contributed by atoms with van der Waals surface area (Å²) in [6.07, 6.45) is 1.56. The molecular formula is C16H19LiNOP. The fourth-order valence-electron chi connectivity index (χ4n) is 2.26. The van der Waals surface area contributed by atoms with Gasteiger partial charge < -0.3 is 5.73 Å². The van der Waals surface area contributed by atoms with E-state index in [1.165, 1.54) is 10.6 Å². The summed E-state index contributed by atoms with van der Waals surface area (Å²) in [6.45, 7) is 3.96. The van der Waals surface area contributed by atoms with Crippen LogP contribution >= 0.6 is 7.92 Å². The molecule has 0 aliphatic carbocycles. The van der Waals surface area contributed by atoms with Crippen molar-refractivity contribution in [2.75, 3.05) is 6.29 Å². The predicted octanol–water partition coefficient (Wildman–Crippen LogP) is 1.82. The first-order valence-electron chi connectivity index (χ1n) is 6.26. The summed E-state index contributed by atoms with van der Waals surface area (Å²) in [5.74, 6) is 0. The standard InChI is InChI=1S/C16H18NOP.Li.H/c1-12-8-15(9-13(2)16(12)10-18)19(11-17)14-6-4-3-5-7-14;;/h3-10H,11,17H2,1-2H3;;. The molecule has 4 heteroatoms. The van der Waals surface area contributed by atoms with Gasteiger partial charge in [0.05, 0.1) is 0 Å². The Balaban J connectivity index is 0.00000200. The van der Waals surface area contributed by atoms with E-state index in [0.717, 1.165) is 23.0 Å². The van der Waals surface area contributed by atoms with Crippen LogP contribution in [0.15, 0.2) is 42.5 Å². The molecule has 0 bridgehead atoms. The van der Waals surface area contributed by atoms with Crippen LogP contribution in [-0.4, -0.2) is 31.4 Å². The van der Waals surface area contributed by atoms with Gasteiger partial charge in [-0.15, -0.1) is 0 Å². The molecule has 0 saturated heterocycles. The molecule has 0 aliphatic rings. The number of hydrogen-bond donors (Lipinski definition) is 1. The maximum absolute atomic E-state index is 11.0. The van der Waals surface area contributed by atoms with E-state index in [0.29, 0.717) is 6.29 Å². The molecule has 2 rings (SSSR count). The number of aldehydes is 1. The van der Waals surface area contributed by atoms with Gasteiger partial charge in [0.15, 0.2) is 6.29 Å². The number of aryl methyl sites for hydroxylation is 2. The summed E-state index contributed by atoms with van der Waals surface area (Å²) in [5, 5.41) is 2.52. The van der Waals surface area contributed by atoms with Crippen LogP contribution in [0.25, 0.3) is 0 Å². The summed E-state index contributed by atoms with van der Waals surface area (Å²) in [6, 6.07) is 14.5. The van der Waals surface area contributed by atoms with Gasteiger partial charge in [0.25, 0.3) is 0 Å². The van der Waals surface area contributed by atoms with Crippen LogP contribution in [0, 0.1) is 13.8 Å². The molecule has 0 heterocycles. The quantitative estimate of drug-likeness (QED) is 0.527. The van der Waals surface area contributed by atoms with Gasteiger partial charge in [-0.25, -0.2) is 0 Å². The Kier molecular flexibility index (Phi) is 6.66. The normalized spacial score (nSPS) is 11.6. The van der Waals surface area contributed by atoms with Gasteiger partial charge in [-0.3, -0.25) is 4.79 Å². The van der Waals surface area contributed by atoms with Crippen molar-refractivity contribution in [3.8, 4) is 0 Å². The van der Waals surface area contributed by atoms with Crippen molar-refractivity contribution in [1.29, 1.82) is 0 Å². The second kappa shape index (κ2) is 7.77. The summed E-state index contributed by atoms with van der Waals surface area (Å²) < 4.78 is 0. The van der Waals surface area contributed by atoms with Crippen LogP contribution in [0.4, 0.5) is 0 Å². The van der Waals surface area contributed by atoms with Crippen molar-refractivity contribution in [1.82, 2.24) is 0 Å². The van der Waals surface area contributed by atoms with Crippen molar-refractivity contribution in [3.63, 3.8) is 0 Å². The first-order chi connectivity index (χ1) is 9.17. The molecule has 0 spiro atoms. The molecule has 100 valence electrons. The first kappa shape index (κ1) is 17.1. The van der Waals surface area contributed by atoms with Gasteiger partial charge in [-0.1, -0.05) is 42.5 Å². The Hall–Kier alpha value is -0.903. The van der Waals surface area contributed by atoms with E-state index in [1.54, 1.807) is 0 Å². The van der Waals surface area contributed by atoms with Crippen molar-refractivity contribution in [3.05, 3.63) is 59.2 Å². The molecule has 2 nitrogen and oxygen atoms in total. The third-order valence-electron chi connectivity index (χ3n) is 3.26. The maximum atomic E-state index is 11.0. The number of nitrogens with two attached hydrogens (primary N) is 1. The number of carbonyl (C=O) groups excluding carboxylic acids is 1. The number of rotatable bonds is 4. The Morgan fingerprint density at radius 3 is 2.05 bits per heavy atom. The molecule has 0 radical (unpaired) electrons. The number of hydrogen-bond acceptors (Lipinski definition) is 2.